The Labute approximate surface area is 196 Å². The smallest absolute Gasteiger partial charge is 0.194 e. The van der Waals surface area contributed by atoms with Crippen LogP contribution in [-0.2, 0) is 0 Å². The molecule has 10 heteroatoms. The molecule has 32 heavy (non-hydrogen) atoms. The van der Waals surface area contributed by atoms with Gasteiger partial charge < -0.3 is 15.8 Å². The number of anilines is 1. The maximum Gasteiger partial charge on any atom is 0.194 e. The highest BCUT2D eigenvalue weighted by atomic mass is 127. The highest BCUT2D eigenvalue weighted by molar-refractivity contribution is 14.1. The third kappa shape index (κ3) is 3.99. The molecule has 1 fully saturated rings. The number of nitrogen functional groups attached to an aromatic ring is 1. The third-order valence-corrected chi connectivity index (χ3v) is 5.90. The van der Waals surface area contributed by atoms with E-state index in [9.17, 15) is 8.78 Å². The second kappa shape index (κ2) is 8.58. The average Bonchev–Trinajstić information content (AvgIpc) is 3.17. The van der Waals surface area contributed by atoms with E-state index in [4.69, 9.17) is 15.6 Å². The number of ether oxygens (including phenoxy) is 1. The molecule has 2 aromatic heterocycles. The minimum absolute atomic E-state index is 0.170. The molecular weight excluding hydrogens is 529 g/mol. The maximum atomic E-state index is 13.9. The average molecular weight is 548 g/mol. The topological polar surface area (TPSA) is 90.9 Å². The van der Waals surface area contributed by atoms with Crippen molar-refractivity contribution < 1.29 is 13.5 Å². The van der Waals surface area contributed by atoms with Gasteiger partial charge in [0.2, 0.25) is 0 Å². The molecule has 0 bridgehead atoms. The summed E-state index contributed by atoms with van der Waals surface area (Å²) >= 11 is 2.05. The number of aromatic nitrogens is 4. The van der Waals surface area contributed by atoms with Crippen LogP contribution in [0.3, 0.4) is 0 Å². The van der Waals surface area contributed by atoms with Gasteiger partial charge >= 0.3 is 0 Å². The maximum absolute atomic E-state index is 13.9. The van der Waals surface area contributed by atoms with Crippen LogP contribution in [0.5, 0.6) is 11.5 Å². The van der Waals surface area contributed by atoms with Crippen molar-refractivity contribution in [3.05, 3.63) is 57.9 Å². The Bertz CT molecular complexity index is 1290. The summed E-state index contributed by atoms with van der Waals surface area (Å²) in [6.45, 7) is 1.80. The predicted octanol–water partition coefficient (Wildman–Crippen LogP) is 4.68. The van der Waals surface area contributed by atoms with Crippen molar-refractivity contribution in [2.75, 3.05) is 18.8 Å². The van der Waals surface area contributed by atoms with E-state index in [1.54, 1.807) is 24.3 Å². The molecule has 3 N–H and O–H groups in total. The van der Waals surface area contributed by atoms with E-state index in [-0.39, 0.29) is 11.8 Å². The first kappa shape index (κ1) is 21.0. The number of piperidine rings is 1. The Balaban J connectivity index is 1.53. The fourth-order valence-electron chi connectivity index (χ4n) is 3.90. The van der Waals surface area contributed by atoms with E-state index >= 15 is 0 Å². The Hall–Kier alpha value is -2.86. The van der Waals surface area contributed by atoms with Crippen molar-refractivity contribution >= 4 is 39.4 Å². The van der Waals surface area contributed by atoms with Crippen molar-refractivity contribution in [1.29, 1.82) is 0 Å². The molecular formula is C22H19F2IN6O. The van der Waals surface area contributed by atoms with E-state index in [0.717, 1.165) is 49.7 Å². The molecule has 7 nitrogen and oxygen atoms in total. The van der Waals surface area contributed by atoms with Crippen molar-refractivity contribution in [2.24, 2.45) is 0 Å². The van der Waals surface area contributed by atoms with Crippen LogP contribution in [0.2, 0.25) is 0 Å². The molecule has 2 aromatic carbocycles. The molecule has 164 valence electrons. The van der Waals surface area contributed by atoms with E-state index in [2.05, 4.69) is 37.9 Å². The van der Waals surface area contributed by atoms with Gasteiger partial charge in [-0.25, -0.2) is 23.4 Å². The fourth-order valence-corrected chi connectivity index (χ4v) is 4.39. The van der Waals surface area contributed by atoms with E-state index in [0.29, 0.717) is 32.1 Å². The summed E-state index contributed by atoms with van der Waals surface area (Å²) in [4.78, 5) is 8.94. The molecule has 1 atom stereocenters. The molecule has 4 aromatic rings. The largest absolute Gasteiger partial charge is 0.454 e. The lowest BCUT2D eigenvalue weighted by molar-refractivity contribution is 0.354. The summed E-state index contributed by atoms with van der Waals surface area (Å²) in [6, 6.07) is 10.2. The van der Waals surface area contributed by atoms with Gasteiger partial charge in [0, 0.05) is 40.8 Å². The van der Waals surface area contributed by atoms with Gasteiger partial charge in [-0.2, -0.15) is 5.10 Å². The second-order valence-electron chi connectivity index (χ2n) is 7.57. The van der Waals surface area contributed by atoms with Gasteiger partial charge in [0.25, 0.3) is 0 Å². The van der Waals surface area contributed by atoms with E-state index < -0.39 is 11.6 Å². The number of hydrogen-bond donors (Lipinski definition) is 2. The van der Waals surface area contributed by atoms with Gasteiger partial charge in [0.05, 0.1) is 11.4 Å². The zero-order chi connectivity index (χ0) is 22.2. The van der Waals surface area contributed by atoms with Crippen molar-refractivity contribution in [2.45, 2.75) is 18.9 Å². The summed E-state index contributed by atoms with van der Waals surface area (Å²) in [5.74, 6) is -0.647. The standard InChI is InChI=1S/C22H19F2IN6O/c23-13-5-8-16(24)17(10-13)32-15-6-3-12(4-7-15)19-18-20(26)28-22(25)29-21(18)31(30-19)14-2-1-9-27-11-14/h3-8,10,14,27H,1-2,9,11H2,(H2,26,28,29)/t14-/m1/s1. The molecule has 1 saturated heterocycles. The minimum atomic E-state index is -0.638. The van der Waals surface area contributed by atoms with Crippen LogP contribution < -0.4 is 15.8 Å². The van der Waals surface area contributed by atoms with Crippen LogP contribution in [0, 0.1) is 15.5 Å². The Morgan fingerprint density at radius 3 is 2.69 bits per heavy atom. The summed E-state index contributed by atoms with van der Waals surface area (Å²) < 4.78 is 35.3. The van der Waals surface area contributed by atoms with Gasteiger partial charge in [-0.3, -0.25) is 0 Å². The van der Waals surface area contributed by atoms with Gasteiger partial charge in [0.1, 0.15) is 23.1 Å². The fraction of sp³-hybridized carbons (Fsp3) is 0.227. The number of benzene rings is 2. The van der Waals surface area contributed by atoms with Crippen LogP contribution in [0.15, 0.2) is 42.5 Å². The van der Waals surface area contributed by atoms with Crippen molar-refractivity contribution in [3.63, 3.8) is 0 Å². The monoisotopic (exact) mass is 548 g/mol. The van der Waals surface area contributed by atoms with Gasteiger partial charge in [-0.05, 0) is 55.8 Å². The minimum Gasteiger partial charge on any atom is -0.454 e. The highest BCUT2D eigenvalue weighted by Crippen LogP contribution is 2.35. The van der Waals surface area contributed by atoms with E-state index in [1.807, 2.05) is 4.68 Å². The molecule has 0 saturated carbocycles. The first-order valence-electron chi connectivity index (χ1n) is 10.1. The van der Waals surface area contributed by atoms with Crippen LogP contribution in [0.1, 0.15) is 18.9 Å². The molecule has 1 aliphatic rings. The molecule has 3 heterocycles. The zero-order valence-electron chi connectivity index (χ0n) is 16.9. The third-order valence-electron chi connectivity index (χ3n) is 5.42. The van der Waals surface area contributed by atoms with Crippen LogP contribution in [0.4, 0.5) is 14.6 Å². The Morgan fingerprint density at radius 2 is 1.94 bits per heavy atom. The van der Waals surface area contributed by atoms with Gasteiger partial charge in [-0.15, -0.1) is 0 Å². The van der Waals surface area contributed by atoms with Crippen molar-refractivity contribution in [3.8, 4) is 22.8 Å². The molecule has 0 aliphatic carbocycles. The lowest BCUT2D eigenvalue weighted by Gasteiger charge is -2.23. The number of nitrogens with two attached hydrogens (primary N) is 1. The number of halogens is 3. The van der Waals surface area contributed by atoms with Crippen LogP contribution in [0.25, 0.3) is 22.3 Å². The normalized spacial score (nSPS) is 16.4. The number of nitrogens with zero attached hydrogens (tertiary/aromatic N) is 4. The first-order chi connectivity index (χ1) is 15.5. The van der Waals surface area contributed by atoms with Gasteiger partial charge in [0.15, 0.2) is 21.0 Å². The molecule has 0 amide bonds. The first-order valence-corrected chi connectivity index (χ1v) is 11.2. The zero-order valence-corrected chi connectivity index (χ0v) is 19.0. The lowest BCUT2D eigenvalue weighted by atomic mass is 10.1. The summed E-state index contributed by atoms with van der Waals surface area (Å²) in [5.41, 5.74) is 8.44. The summed E-state index contributed by atoms with van der Waals surface area (Å²) in [5, 5.41) is 8.96. The highest BCUT2D eigenvalue weighted by Gasteiger charge is 2.24. The summed E-state index contributed by atoms with van der Waals surface area (Å²) in [7, 11) is 0. The molecule has 5 rings (SSSR count). The lowest BCUT2D eigenvalue weighted by Crippen LogP contribution is -2.32. The summed E-state index contributed by atoms with van der Waals surface area (Å²) in [6.07, 6.45) is 2.05. The van der Waals surface area contributed by atoms with Crippen LogP contribution >= 0.6 is 22.6 Å². The van der Waals surface area contributed by atoms with Crippen molar-refractivity contribution in [1.82, 2.24) is 25.1 Å². The molecule has 0 radical (unpaired) electrons. The second-order valence-corrected chi connectivity index (χ2v) is 8.54. The number of fused-ring (bicyclic) bond motifs is 1. The Morgan fingerprint density at radius 1 is 1.12 bits per heavy atom. The number of hydrogen-bond acceptors (Lipinski definition) is 6. The molecule has 0 spiro atoms. The number of nitrogens with one attached hydrogen (secondary N) is 1. The van der Waals surface area contributed by atoms with E-state index in [1.165, 1.54) is 0 Å². The van der Waals surface area contributed by atoms with Crippen LogP contribution in [-0.4, -0.2) is 32.8 Å². The quantitative estimate of drug-likeness (QED) is 0.285. The van der Waals surface area contributed by atoms with Gasteiger partial charge in [-0.1, -0.05) is 0 Å². The Kier molecular flexibility index (Phi) is 5.64. The predicted molar refractivity (Wildman–Crippen MR) is 125 cm³/mol. The number of rotatable bonds is 4. The molecule has 1 aliphatic heterocycles. The molecule has 0 unspecified atom stereocenters. The SMILES string of the molecule is Nc1nc(I)nc2c1c(-c1ccc(Oc3cc(F)ccc3F)cc1)nn2[C@@H]1CCCNC1.